The van der Waals surface area contributed by atoms with Gasteiger partial charge in [-0.25, -0.2) is 4.98 Å². The highest BCUT2D eigenvalue weighted by atomic mass is 16.5. The third-order valence-electron chi connectivity index (χ3n) is 4.04. The van der Waals surface area contributed by atoms with Crippen molar-refractivity contribution in [2.75, 3.05) is 19.7 Å². The lowest BCUT2D eigenvalue weighted by Gasteiger charge is -2.24. The summed E-state index contributed by atoms with van der Waals surface area (Å²) in [5, 5.41) is 3.44. The minimum atomic E-state index is 0.198. The van der Waals surface area contributed by atoms with E-state index in [1.54, 1.807) is 0 Å². The molecule has 0 radical (unpaired) electrons. The van der Waals surface area contributed by atoms with E-state index in [0.29, 0.717) is 6.61 Å². The topological polar surface area (TPSA) is 39.1 Å². The molecule has 0 aliphatic carbocycles. The molecule has 4 heteroatoms. The van der Waals surface area contributed by atoms with Crippen molar-refractivity contribution in [2.45, 2.75) is 25.3 Å². The van der Waals surface area contributed by atoms with Crippen LogP contribution in [0.15, 0.2) is 42.9 Å². The van der Waals surface area contributed by atoms with Crippen LogP contribution >= 0.6 is 0 Å². The molecular weight excluding hydrogens is 250 g/mol. The molecule has 1 atom stereocenters. The van der Waals surface area contributed by atoms with Crippen molar-refractivity contribution in [3.63, 3.8) is 0 Å². The van der Waals surface area contributed by atoms with Gasteiger partial charge in [0.1, 0.15) is 12.4 Å². The molecule has 20 heavy (non-hydrogen) atoms. The highest BCUT2D eigenvalue weighted by Gasteiger charge is 2.33. The predicted octanol–water partition coefficient (Wildman–Crippen LogP) is 2.21. The number of para-hydroxylation sites is 1. The molecule has 2 heterocycles. The molecule has 4 nitrogen and oxygen atoms in total. The van der Waals surface area contributed by atoms with Gasteiger partial charge in [0.25, 0.3) is 0 Å². The van der Waals surface area contributed by atoms with Gasteiger partial charge in [0, 0.05) is 23.9 Å². The molecule has 1 aliphatic rings. The molecular formula is C16H21N3O. The van der Waals surface area contributed by atoms with Crippen LogP contribution in [0.4, 0.5) is 0 Å². The first-order chi connectivity index (χ1) is 9.78. The molecule has 1 aromatic carbocycles. The Balaban J connectivity index is 1.62. The zero-order valence-corrected chi connectivity index (χ0v) is 11.9. The van der Waals surface area contributed by atoms with Gasteiger partial charge in [-0.2, -0.15) is 0 Å². The van der Waals surface area contributed by atoms with Crippen molar-refractivity contribution in [3.8, 4) is 5.75 Å². The molecule has 1 aliphatic heterocycles. The molecule has 1 fully saturated rings. The number of benzene rings is 1. The Hall–Kier alpha value is -1.81. The number of hydrogen-bond acceptors (Lipinski definition) is 3. The van der Waals surface area contributed by atoms with E-state index in [9.17, 15) is 0 Å². The second kappa shape index (κ2) is 5.67. The lowest BCUT2D eigenvalue weighted by Crippen LogP contribution is -2.28. The molecule has 0 spiro atoms. The maximum Gasteiger partial charge on any atom is 0.119 e. The van der Waals surface area contributed by atoms with Crippen molar-refractivity contribution in [3.05, 3.63) is 48.5 Å². The minimum absolute atomic E-state index is 0.198. The lowest BCUT2D eigenvalue weighted by molar-refractivity contribution is 0.292. The van der Waals surface area contributed by atoms with Crippen LogP contribution in [0.3, 0.4) is 0 Å². The average Bonchev–Trinajstić information content (AvgIpc) is 3.10. The quantitative estimate of drug-likeness (QED) is 0.906. The van der Waals surface area contributed by atoms with E-state index in [-0.39, 0.29) is 5.41 Å². The smallest absolute Gasteiger partial charge is 0.119 e. The van der Waals surface area contributed by atoms with E-state index in [1.165, 1.54) is 5.69 Å². The van der Waals surface area contributed by atoms with E-state index in [1.807, 2.05) is 42.9 Å². The van der Waals surface area contributed by atoms with Gasteiger partial charge in [0.05, 0.1) is 12.9 Å². The minimum Gasteiger partial charge on any atom is -0.492 e. The number of nitrogens with zero attached hydrogens (tertiary/aromatic N) is 2. The average molecular weight is 271 g/mol. The van der Waals surface area contributed by atoms with Crippen LogP contribution in [0.25, 0.3) is 0 Å². The SMILES string of the molecule is CC1(c2cncn2CCOc2ccccc2)CCNC1. The predicted molar refractivity (Wildman–Crippen MR) is 79.0 cm³/mol. The van der Waals surface area contributed by atoms with Gasteiger partial charge in [-0.05, 0) is 25.1 Å². The van der Waals surface area contributed by atoms with Gasteiger partial charge < -0.3 is 14.6 Å². The third kappa shape index (κ3) is 2.70. The summed E-state index contributed by atoms with van der Waals surface area (Å²) in [4.78, 5) is 4.32. The van der Waals surface area contributed by atoms with Gasteiger partial charge in [-0.1, -0.05) is 25.1 Å². The number of ether oxygens (including phenoxy) is 1. The number of nitrogens with one attached hydrogen (secondary N) is 1. The summed E-state index contributed by atoms with van der Waals surface area (Å²) in [6, 6.07) is 9.94. The Morgan fingerprint density at radius 3 is 2.95 bits per heavy atom. The largest absolute Gasteiger partial charge is 0.492 e. The summed E-state index contributed by atoms with van der Waals surface area (Å²) in [5.41, 5.74) is 1.50. The van der Waals surface area contributed by atoms with Gasteiger partial charge in [0.15, 0.2) is 0 Å². The summed E-state index contributed by atoms with van der Waals surface area (Å²) in [5.74, 6) is 0.919. The highest BCUT2D eigenvalue weighted by Crippen LogP contribution is 2.29. The molecule has 2 aromatic rings. The zero-order chi connectivity index (χ0) is 13.8. The number of rotatable bonds is 5. The van der Waals surface area contributed by atoms with Crippen LogP contribution in [0, 0.1) is 0 Å². The van der Waals surface area contributed by atoms with Gasteiger partial charge >= 0.3 is 0 Å². The molecule has 1 saturated heterocycles. The first kappa shape index (κ1) is 13.2. The maximum atomic E-state index is 5.77. The highest BCUT2D eigenvalue weighted by molar-refractivity contribution is 5.21. The number of hydrogen-bond donors (Lipinski definition) is 1. The Labute approximate surface area is 119 Å². The molecule has 1 unspecified atom stereocenters. The Bertz CT molecular complexity index is 544. The van der Waals surface area contributed by atoms with Gasteiger partial charge in [-0.15, -0.1) is 0 Å². The van der Waals surface area contributed by atoms with Crippen molar-refractivity contribution in [1.29, 1.82) is 0 Å². The molecule has 3 rings (SSSR count). The first-order valence-electron chi connectivity index (χ1n) is 7.17. The second-order valence-corrected chi connectivity index (χ2v) is 5.62. The summed E-state index contributed by atoms with van der Waals surface area (Å²) in [7, 11) is 0. The fraction of sp³-hybridized carbons (Fsp3) is 0.438. The van der Waals surface area contributed by atoms with Crippen LogP contribution in [0.2, 0.25) is 0 Å². The van der Waals surface area contributed by atoms with Gasteiger partial charge in [-0.3, -0.25) is 0 Å². The molecule has 106 valence electrons. The van der Waals surface area contributed by atoms with Crippen molar-refractivity contribution in [2.24, 2.45) is 0 Å². The molecule has 1 N–H and O–H groups in total. The molecule has 0 bridgehead atoms. The van der Waals surface area contributed by atoms with E-state index in [2.05, 4.69) is 21.8 Å². The monoisotopic (exact) mass is 271 g/mol. The van der Waals surface area contributed by atoms with E-state index in [0.717, 1.165) is 31.8 Å². The van der Waals surface area contributed by atoms with E-state index >= 15 is 0 Å². The fourth-order valence-corrected chi connectivity index (χ4v) is 2.82. The van der Waals surface area contributed by atoms with Crippen LogP contribution in [0.1, 0.15) is 19.0 Å². The van der Waals surface area contributed by atoms with Crippen molar-refractivity contribution >= 4 is 0 Å². The Morgan fingerprint density at radius 2 is 2.20 bits per heavy atom. The van der Waals surface area contributed by atoms with Crippen LogP contribution < -0.4 is 10.1 Å². The summed E-state index contributed by atoms with van der Waals surface area (Å²) in [6.07, 6.45) is 5.07. The molecule has 1 aromatic heterocycles. The lowest BCUT2D eigenvalue weighted by atomic mass is 9.86. The zero-order valence-electron chi connectivity index (χ0n) is 11.9. The van der Waals surface area contributed by atoms with E-state index in [4.69, 9.17) is 4.74 Å². The van der Waals surface area contributed by atoms with Crippen molar-refractivity contribution in [1.82, 2.24) is 14.9 Å². The fourth-order valence-electron chi connectivity index (χ4n) is 2.82. The van der Waals surface area contributed by atoms with Crippen LogP contribution in [-0.2, 0) is 12.0 Å². The van der Waals surface area contributed by atoms with E-state index < -0.39 is 0 Å². The Kier molecular flexibility index (Phi) is 3.74. The maximum absolute atomic E-state index is 5.77. The standard InChI is InChI=1S/C16H21N3O/c1-16(7-8-17-12-16)15-11-18-13-19(15)9-10-20-14-5-3-2-4-6-14/h2-6,11,13,17H,7-10,12H2,1H3. The number of imidazole rings is 1. The summed E-state index contributed by atoms with van der Waals surface area (Å²) < 4.78 is 7.98. The molecule has 0 saturated carbocycles. The first-order valence-corrected chi connectivity index (χ1v) is 7.17. The van der Waals surface area contributed by atoms with Crippen molar-refractivity contribution < 1.29 is 4.74 Å². The third-order valence-corrected chi connectivity index (χ3v) is 4.04. The van der Waals surface area contributed by atoms with Crippen LogP contribution in [-0.4, -0.2) is 29.2 Å². The number of aromatic nitrogens is 2. The summed E-state index contributed by atoms with van der Waals surface area (Å²) >= 11 is 0. The van der Waals surface area contributed by atoms with Gasteiger partial charge in [0.2, 0.25) is 0 Å². The normalized spacial score (nSPS) is 22.1. The molecule has 0 amide bonds. The van der Waals surface area contributed by atoms with Crippen LogP contribution in [0.5, 0.6) is 5.75 Å². The summed E-state index contributed by atoms with van der Waals surface area (Å²) in [6.45, 7) is 5.91. The second-order valence-electron chi connectivity index (χ2n) is 5.62. The Morgan fingerprint density at radius 1 is 1.35 bits per heavy atom.